The molecule has 3 fully saturated rings. The number of rotatable bonds is 3. The Kier molecular flexibility index (Phi) is 3.69. The van der Waals surface area contributed by atoms with Gasteiger partial charge in [-0.1, -0.05) is 6.42 Å². The van der Waals surface area contributed by atoms with Crippen molar-refractivity contribution in [2.45, 2.75) is 31.7 Å². The fourth-order valence-corrected chi connectivity index (χ4v) is 3.98. The molecule has 3 heteroatoms. The molecule has 98 valence electrons. The molecule has 17 heavy (non-hydrogen) atoms. The van der Waals surface area contributed by atoms with Crippen molar-refractivity contribution in [2.24, 2.45) is 11.8 Å². The summed E-state index contributed by atoms with van der Waals surface area (Å²) < 4.78 is 0. The average Bonchev–Trinajstić information content (AvgIpc) is 2.88. The second-order valence-corrected chi connectivity index (χ2v) is 6.36. The summed E-state index contributed by atoms with van der Waals surface area (Å²) in [4.78, 5) is 5.31. The van der Waals surface area contributed by atoms with Gasteiger partial charge in [0.25, 0.3) is 0 Å². The lowest BCUT2D eigenvalue weighted by molar-refractivity contribution is 0.158. The van der Waals surface area contributed by atoms with Gasteiger partial charge in [0.15, 0.2) is 0 Å². The van der Waals surface area contributed by atoms with Crippen molar-refractivity contribution < 1.29 is 0 Å². The first-order valence-corrected chi connectivity index (χ1v) is 7.46. The van der Waals surface area contributed by atoms with E-state index in [9.17, 15) is 0 Å². The molecule has 1 unspecified atom stereocenters. The van der Waals surface area contributed by atoms with Crippen LogP contribution < -0.4 is 5.32 Å². The summed E-state index contributed by atoms with van der Waals surface area (Å²) in [6.45, 7) is 7.90. The van der Waals surface area contributed by atoms with Gasteiger partial charge in [0.05, 0.1) is 0 Å². The van der Waals surface area contributed by atoms with Gasteiger partial charge in [-0.25, -0.2) is 0 Å². The Labute approximate surface area is 106 Å². The number of fused-ring (bicyclic) bond motifs is 1. The summed E-state index contributed by atoms with van der Waals surface area (Å²) in [5, 5.41) is 3.52. The summed E-state index contributed by atoms with van der Waals surface area (Å²) in [7, 11) is 2.31. The van der Waals surface area contributed by atoms with Crippen LogP contribution in [-0.4, -0.2) is 62.2 Å². The second kappa shape index (κ2) is 5.25. The highest BCUT2D eigenvalue weighted by Gasteiger charge is 2.35. The summed E-state index contributed by atoms with van der Waals surface area (Å²) >= 11 is 0. The minimum absolute atomic E-state index is 0.863. The van der Waals surface area contributed by atoms with E-state index in [1.165, 1.54) is 65.0 Å². The van der Waals surface area contributed by atoms with Gasteiger partial charge in [-0.15, -0.1) is 0 Å². The predicted octanol–water partition coefficient (Wildman–Crippen LogP) is 1.01. The van der Waals surface area contributed by atoms with Crippen molar-refractivity contribution in [3.8, 4) is 0 Å². The van der Waals surface area contributed by atoms with E-state index in [0.29, 0.717) is 0 Å². The first-order chi connectivity index (χ1) is 8.33. The van der Waals surface area contributed by atoms with E-state index in [-0.39, 0.29) is 0 Å². The molecule has 3 nitrogen and oxygen atoms in total. The van der Waals surface area contributed by atoms with Crippen LogP contribution in [0.3, 0.4) is 0 Å². The van der Waals surface area contributed by atoms with Crippen LogP contribution >= 0.6 is 0 Å². The van der Waals surface area contributed by atoms with Crippen molar-refractivity contribution in [3.63, 3.8) is 0 Å². The lowest BCUT2D eigenvalue weighted by Crippen LogP contribution is -2.39. The monoisotopic (exact) mass is 237 g/mol. The third kappa shape index (κ3) is 2.67. The fourth-order valence-electron chi connectivity index (χ4n) is 3.98. The molecule has 0 aromatic carbocycles. The third-order valence-corrected chi connectivity index (χ3v) is 5.17. The summed E-state index contributed by atoms with van der Waals surface area (Å²) in [6, 6.07) is 0.863. The second-order valence-electron chi connectivity index (χ2n) is 6.36. The van der Waals surface area contributed by atoms with E-state index < -0.39 is 0 Å². The minimum atomic E-state index is 0.863. The molecular weight excluding hydrogens is 210 g/mol. The third-order valence-electron chi connectivity index (χ3n) is 5.17. The van der Waals surface area contributed by atoms with Gasteiger partial charge in [0.1, 0.15) is 0 Å². The highest BCUT2D eigenvalue weighted by Crippen LogP contribution is 2.27. The number of likely N-dealkylation sites (tertiary alicyclic amines) is 2. The summed E-state index contributed by atoms with van der Waals surface area (Å²) in [5.41, 5.74) is 0. The van der Waals surface area contributed by atoms with Crippen LogP contribution in [0.1, 0.15) is 25.7 Å². The van der Waals surface area contributed by atoms with Gasteiger partial charge in [0, 0.05) is 19.1 Å². The van der Waals surface area contributed by atoms with E-state index in [1.807, 2.05) is 0 Å². The van der Waals surface area contributed by atoms with Crippen LogP contribution in [0.4, 0.5) is 0 Å². The molecule has 0 bridgehead atoms. The smallest absolute Gasteiger partial charge is 0.0104 e. The van der Waals surface area contributed by atoms with Crippen molar-refractivity contribution >= 4 is 0 Å². The van der Waals surface area contributed by atoms with Crippen molar-refractivity contribution in [1.29, 1.82) is 0 Å². The van der Waals surface area contributed by atoms with E-state index >= 15 is 0 Å². The Hall–Kier alpha value is -0.120. The zero-order valence-corrected chi connectivity index (χ0v) is 11.2. The van der Waals surface area contributed by atoms with Gasteiger partial charge >= 0.3 is 0 Å². The molecule has 3 atom stereocenters. The summed E-state index contributed by atoms with van der Waals surface area (Å²) in [6.07, 6.45) is 5.68. The van der Waals surface area contributed by atoms with Crippen LogP contribution in [0.25, 0.3) is 0 Å². The van der Waals surface area contributed by atoms with Crippen LogP contribution in [0.5, 0.6) is 0 Å². The molecule has 3 heterocycles. The molecule has 3 aliphatic rings. The summed E-state index contributed by atoms with van der Waals surface area (Å²) in [5.74, 6) is 1.91. The van der Waals surface area contributed by atoms with Gasteiger partial charge in [0.2, 0.25) is 0 Å². The van der Waals surface area contributed by atoms with Gasteiger partial charge in [-0.05, 0) is 64.3 Å². The van der Waals surface area contributed by atoms with E-state index in [2.05, 4.69) is 22.2 Å². The van der Waals surface area contributed by atoms with Crippen molar-refractivity contribution in [1.82, 2.24) is 15.1 Å². The molecule has 3 saturated heterocycles. The van der Waals surface area contributed by atoms with Gasteiger partial charge in [-0.3, -0.25) is 0 Å². The highest BCUT2D eigenvalue weighted by atomic mass is 15.2. The van der Waals surface area contributed by atoms with Crippen molar-refractivity contribution in [2.75, 3.05) is 46.3 Å². The van der Waals surface area contributed by atoms with E-state index in [4.69, 9.17) is 0 Å². The topological polar surface area (TPSA) is 18.5 Å². The average molecular weight is 237 g/mol. The zero-order chi connectivity index (χ0) is 11.7. The first-order valence-electron chi connectivity index (χ1n) is 7.46. The standard InChI is InChI=1S/C14H27N3/c1-16-6-3-2-4-14(16)5-7-17-10-12-8-15-9-13(12)11-17/h12-15H,2-11H2,1H3/t12-,13+,14?. The number of hydrogen-bond acceptors (Lipinski definition) is 3. The molecule has 0 radical (unpaired) electrons. The molecule has 0 saturated carbocycles. The maximum Gasteiger partial charge on any atom is 0.0104 e. The maximum absolute atomic E-state index is 3.52. The predicted molar refractivity (Wildman–Crippen MR) is 71.2 cm³/mol. The highest BCUT2D eigenvalue weighted by molar-refractivity contribution is 4.91. The molecule has 3 rings (SSSR count). The van der Waals surface area contributed by atoms with Crippen LogP contribution in [0.2, 0.25) is 0 Å². The fraction of sp³-hybridized carbons (Fsp3) is 1.00. The number of nitrogens with zero attached hydrogens (tertiary/aromatic N) is 2. The Balaban J connectivity index is 1.42. The molecule has 3 aliphatic heterocycles. The lowest BCUT2D eigenvalue weighted by atomic mass is 10.00. The molecule has 1 N–H and O–H groups in total. The molecular formula is C14H27N3. The van der Waals surface area contributed by atoms with E-state index in [0.717, 1.165) is 17.9 Å². The molecule has 0 amide bonds. The Bertz CT molecular complexity index is 244. The minimum Gasteiger partial charge on any atom is -0.316 e. The quantitative estimate of drug-likeness (QED) is 0.790. The molecule has 0 spiro atoms. The van der Waals surface area contributed by atoms with Gasteiger partial charge < -0.3 is 15.1 Å². The van der Waals surface area contributed by atoms with Crippen LogP contribution in [0, 0.1) is 11.8 Å². The Morgan fingerprint density at radius 2 is 1.88 bits per heavy atom. The molecule has 0 aromatic heterocycles. The molecule has 0 aliphatic carbocycles. The lowest BCUT2D eigenvalue weighted by Gasteiger charge is -2.33. The Morgan fingerprint density at radius 1 is 1.12 bits per heavy atom. The normalized spacial score (nSPS) is 39.7. The molecule has 0 aromatic rings. The van der Waals surface area contributed by atoms with Crippen LogP contribution in [-0.2, 0) is 0 Å². The number of piperidine rings is 1. The SMILES string of the molecule is CN1CCCCC1CCN1C[C@H]2CNC[C@H]2C1. The first kappa shape index (κ1) is 11.9. The van der Waals surface area contributed by atoms with E-state index in [1.54, 1.807) is 0 Å². The zero-order valence-electron chi connectivity index (χ0n) is 11.2. The van der Waals surface area contributed by atoms with Crippen molar-refractivity contribution in [3.05, 3.63) is 0 Å². The number of hydrogen-bond donors (Lipinski definition) is 1. The Morgan fingerprint density at radius 3 is 2.59 bits per heavy atom. The van der Waals surface area contributed by atoms with Gasteiger partial charge in [-0.2, -0.15) is 0 Å². The largest absolute Gasteiger partial charge is 0.316 e. The maximum atomic E-state index is 3.52. The number of nitrogens with one attached hydrogen (secondary N) is 1. The van der Waals surface area contributed by atoms with Crippen LogP contribution in [0.15, 0.2) is 0 Å².